The van der Waals surface area contributed by atoms with E-state index < -0.39 is 0 Å². The van der Waals surface area contributed by atoms with Gasteiger partial charge in [-0.3, -0.25) is 0 Å². The highest BCUT2D eigenvalue weighted by molar-refractivity contribution is 8.00. The van der Waals surface area contributed by atoms with Crippen LogP contribution in [0.2, 0.25) is 0 Å². The average molecular weight is 255 g/mol. The Morgan fingerprint density at radius 3 is 2.65 bits per heavy atom. The monoisotopic (exact) mass is 255 g/mol. The summed E-state index contributed by atoms with van der Waals surface area (Å²) in [4.78, 5) is 0.502. The van der Waals surface area contributed by atoms with Crippen LogP contribution in [0.15, 0.2) is 17.0 Å². The quantitative estimate of drug-likeness (QED) is 0.866. The van der Waals surface area contributed by atoms with Crippen LogP contribution >= 0.6 is 11.8 Å². The van der Waals surface area contributed by atoms with Crippen molar-refractivity contribution in [1.29, 1.82) is 0 Å². The molecular formula is C13H15F2NS. The standard InChI is InChI=1S/C13H15F2NS/c1-7-6-11(16-8-2-3-8)12-9(14)4-5-10(15)13(12)17-7/h4-5,7-8,11,16H,2-3,6H2,1H3. The average Bonchev–Trinajstić information content (AvgIpc) is 3.07. The lowest BCUT2D eigenvalue weighted by Crippen LogP contribution is -2.30. The van der Waals surface area contributed by atoms with E-state index in [9.17, 15) is 8.78 Å². The molecule has 1 aliphatic heterocycles. The van der Waals surface area contributed by atoms with Gasteiger partial charge in [0.2, 0.25) is 0 Å². The zero-order valence-electron chi connectivity index (χ0n) is 9.67. The first-order chi connectivity index (χ1) is 8.15. The molecule has 1 aromatic rings. The molecule has 0 aromatic heterocycles. The van der Waals surface area contributed by atoms with Gasteiger partial charge in [0.25, 0.3) is 0 Å². The van der Waals surface area contributed by atoms with Gasteiger partial charge in [-0.05, 0) is 31.4 Å². The van der Waals surface area contributed by atoms with Crippen LogP contribution < -0.4 is 5.32 Å². The van der Waals surface area contributed by atoms with Gasteiger partial charge in [-0.2, -0.15) is 0 Å². The Kier molecular flexibility index (Phi) is 2.87. The Bertz CT molecular complexity index is 445. The Labute approximate surface area is 104 Å². The number of hydrogen-bond acceptors (Lipinski definition) is 2. The van der Waals surface area contributed by atoms with E-state index in [1.165, 1.54) is 23.9 Å². The molecule has 0 saturated heterocycles. The summed E-state index contributed by atoms with van der Waals surface area (Å²) in [5.41, 5.74) is 0.542. The van der Waals surface area contributed by atoms with E-state index in [0.717, 1.165) is 19.3 Å². The van der Waals surface area contributed by atoms with Gasteiger partial charge in [-0.1, -0.05) is 6.92 Å². The number of rotatable bonds is 2. The van der Waals surface area contributed by atoms with Crippen molar-refractivity contribution in [3.63, 3.8) is 0 Å². The molecule has 1 aliphatic carbocycles. The van der Waals surface area contributed by atoms with Gasteiger partial charge in [0.1, 0.15) is 11.6 Å². The summed E-state index contributed by atoms with van der Waals surface area (Å²) in [6.45, 7) is 2.07. The molecule has 0 radical (unpaired) electrons. The van der Waals surface area contributed by atoms with Crippen molar-refractivity contribution in [2.75, 3.05) is 0 Å². The fraction of sp³-hybridized carbons (Fsp3) is 0.538. The molecule has 17 heavy (non-hydrogen) atoms. The van der Waals surface area contributed by atoms with Crippen molar-refractivity contribution in [2.45, 2.75) is 48.4 Å². The van der Waals surface area contributed by atoms with Gasteiger partial charge >= 0.3 is 0 Å². The van der Waals surface area contributed by atoms with Crippen LogP contribution in [-0.2, 0) is 0 Å². The summed E-state index contributed by atoms with van der Waals surface area (Å²) in [5, 5.41) is 3.76. The molecule has 2 aliphatic rings. The van der Waals surface area contributed by atoms with Crippen molar-refractivity contribution in [3.05, 3.63) is 29.3 Å². The molecule has 1 aromatic carbocycles. The zero-order chi connectivity index (χ0) is 12.0. The topological polar surface area (TPSA) is 12.0 Å². The van der Waals surface area contributed by atoms with Gasteiger partial charge < -0.3 is 5.32 Å². The molecule has 1 fully saturated rings. The zero-order valence-corrected chi connectivity index (χ0v) is 10.5. The highest BCUT2D eigenvalue weighted by Gasteiger charge is 2.33. The van der Waals surface area contributed by atoms with Crippen LogP contribution in [-0.4, -0.2) is 11.3 Å². The van der Waals surface area contributed by atoms with E-state index >= 15 is 0 Å². The van der Waals surface area contributed by atoms with E-state index in [1.807, 2.05) is 0 Å². The molecule has 3 rings (SSSR count). The normalized spacial score (nSPS) is 27.9. The van der Waals surface area contributed by atoms with Crippen LogP contribution in [0.25, 0.3) is 0 Å². The van der Waals surface area contributed by atoms with Crippen LogP contribution in [0.1, 0.15) is 37.8 Å². The van der Waals surface area contributed by atoms with E-state index in [4.69, 9.17) is 0 Å². The molecule has 0 amide bonds. The van der Waals surface area contributed by atoms with Gasteiger partial charge in [-0.15, -0.1) is 11.8 Å². The first-order valence-corrected chi connectivity index (χ1v) is 6.93. The SMILES string of the molecule is CC1CC(NC2CC2)c2c(F)ccc(F)c2S1. The lowest BCUT2D eigenvalue weighted by Gasteiger charge is -2.30. The van der Waals surface area contributed by atoms with Crippen molar-refractivity contribution in [1.82, 2.24) is 5.32 Å². The summed E-state index contributed by atoms with van der Waals surface area (Å²) >= 11 is 1.45. The smallest absolute Gasteiger partial charge is 0.137 e. The minimum atomic E-state index is -0.291. The maximum atomic E-state index is 13.9. The molecule has 1 saturated carbocycles. The van der Waals surface area contributed by atoms with E-state index in [-0.39, 0.29) is 17.7 Å². The van der Waals surface area contributed by atoms with E-state index in [0.29, 0.717) is 21.8 Å². The molecule has 2 unspecified atom stereocenters. The summed E-state index contributed by atoms with van der Waals surface area (Å²) < 4.78 is 27.6. The van der Waals surface area contributed by atoms with Gasteiger partial charge in [0.05, 0.1) is 4.90 Å². The third-order valence-electron chi connectivity index (χ3n) is 3.34. The molecule has 92 valence electrons. The van der Waals surface area contributed by atoms with Gasteiger partial charge in [0, 0.05) is 22.9 Å². The van der Waals surface area contributed by atoms with Crippen molar-refractivity contribution >= 4 is 11.8 Å². The molecule has 1 heterocycles. The second-order valence-electron chi connectivity index (χ2n) is 4.93. The van der Waals surface area contributed by atoms with Crippen LogP contribution in [0.4, 0.5) is 8.78 Å². The largest absolute Gasteiger partial charge is 0.307 e. The predicted molar refractivity (Wildman–Crippen MR) is 65.2 cm³/mol. The third kappa shape index (κ3) is 2.20. The van der Waals surface area contributed by atoms with Crippen molar-refractivity contribution in [2.24, 2.45) is 0 Å². The summed E-state index contributed by atoms with van der Waals surface area (Å²) in [6, 6.07) is 2.95. The Hall–Kier alpha value is -0.610. The lowest BCUT2D eigenvalue weighted by molar-refractivity contribution is 0.444. The van der Waals surface area contributed by atoms with E-state index in [1.54, 1.807) is 0 Å². The first-order valence-electron chi connectivity index (χ1n) is 6.05. The van der Waals surface area contributed by atoms with Gasteiger partial charge in [0.15, 0.2) is 0 Å². The highest BCUT2D eigenvalue weighted by Crippen LogP contribution is 2.44. The number of benzene rings is 1. The number of fused-ring (bicyclic) bond motifs is 1. The van der Waals surface area contributed by atoms with Gasteiger partial charge in [-0.25, -0.2) is 8.78 Å². The van der Waals surface area contributed by atoms with Crippen molar-refractivity contribution in [3.8, 4) is 0 Å². The second-order valence-corrected chi connectivity index (χ2v) is 6.38. The molecular weight excluding hydrogens is 240 g/mol. The van der Waals surface area contributed by atoms with Crippen LogP contribution in [0.5, 0.6) is 0 Å². The predicted octanol–water partition coefficient (Wildman–Crippen LogP) is 3.64. The number of nitrogens with one attached hydrogen (secondary N) is 1. The molecule has 1 N–H and O–H groups in total. The molecule has 2 atom stereocenters. The molecule has 4 heteroatoms. The summed E-state index contributed by atoms with van der Waals surface area (Å²) in [7, 11) is 0. The Balaban J connectivity index is 2.00. The van der Waals surface area contributed by atoms with Crippen LogP contribution in [0.3, 0.4) is 0 Å². The minimum Gasteiger partial charge on any atom is -0.307 e. The van der Waals surface area contributed by atoms with Crippen LogP contribution in [0, 0.1) is 11.6 Å². The number of halogens is 2. The molecule has 0 spiro atoms. The van der Waals surface area contributed by atoms with E-state index in [2.05, 4.69) is 12.2 Å². The summed E-state index contributed by atoms with van der Waals surface area (Å²) in [6.07, 6.45) is 3.18. The first kappa shape index (κ1) is 11.5. The molecule has 0 bridgehead atoms. The highest BCUT2D eigenvalue weighted by atomic mass is 32.2. The Morgan fingerprint density at radius 2 is 1.94 bits per heavy atom. The number of hydrogen-bond donors (Lipinski definition) is 1. The van der Waals surface area contributed by atoms with Crippen molar-refractivity contribution < 1.29 is 8.78 Å². The maximum absolute atomic E-state index is 13.9. The summed E-state index contributed by atoms with van der Waals surface area (Å²) in [5.74, 6) is -0.570. The second kappa shape index (κ2) is 4.25. The lowest BCUT2D eigenvalue weighted by atomic mass is 10.00. The maximum Gasteiger partial charge on any atom is 0.137 e. The number of thioether (sulfide) groups is 1. The Morgan fingerprint density at radius 1 is 1.24 bits per heavy atom. The fourth-order valence-corrected chi connectivity index (χ4v) is 3.62. The fourth-order valence-electron chi connectivity index (χ4n) is 2.38. The molecule has 1 nitrogen and oxygen atoms in total. The third-order valence-corrected chi connectivity index (χ3v) is 4.59. The minimum absolute atomic E-state index is 0.0237.